The molecule has 0 spiro atoms. The van der Waals surface area contributed by atoms with Gasteiger partial charge in [0.05, 0.1) is 14.3 Å². The second-order valence-corrected chi connectivity index (χ2v) is 6.65. The molecule has 0 atom stereocenters. The number of thiophene rings is 1. The number of aromatic nitrogens is 1. The van der Waals surface area contributed by atoms with Gasteiger partial charge in [-0.1, -0.05) is 11.8 Å². The number of halogens is 1. The summed E-state index contributed by atoms with van der Waals surface area (Å²) in [6.45, 7) is 1.39. The van der Waals surface area contributed by atoms with Crippen LogP contribution in [0.25, 0.3) is 0 Å². The molecular weight excluding hydrogens is 352 g/mol. The molecule has 0 radical (unpaired) electrons. The maximum Gasteiger partial charge on any atom is 0.294 e. The molecule has 0 unspecified atom stereocenters. The van der Waals surface area contributed by atoms with E-state index in [1.807, 2.05) is 0 Å². The number of rotatable bonds is 4. The molecule has 0 fully saturated rings. The van der Waals surface area contributed by atoms with Gasteiger partial charge in [0.2, 0.25) is 0 Å². The third-order valence-corrected chi connectivity index (χ3v) is 5.47. The van der Waals surface area contributed by atoms with E-state index in [2.05, 4.69) is 20.9 Å². The highest BCUT2D eigenvalue weighted by Crippen LogP contribution is 2.42. The molecule has 98 valence electrons. The highest BCUT2D eigenvalue weighted by Gasteiger charge is 2.22. The normalized spacial score (nSPS) is 10.4. The Hall–Kier alpha value is -1.25. The molecule has 0 amide bonds. The molecule has 0 saturated carbocycles. The smallest absolute Gasteiger partial charge is 0.294 e. The third-order valence-electron chi connectivity index (χ3n) is 2.14. The number of carbonyl (C=O) groups is 1. The number of ketones is 1. The standard InChI is InChI=1S/C11H7BrN2O3S2/c1-6(15)9-5-8(14(16)17)11(18-9)19-10-7(12)3-2-4-13-10/h2-5H,1H3. The molecule has 2 heterocycles. The first kappa shape index (κ1) is 14.2. The van der Waals surface area contributed by atoms with Crippen LogP contribution >= 0.6 is 39.0 Å². The Labute approximate surface area is 125 Å². The number of carbonyl (C=O) groups excluding carboxylic acids is 1. The van der Waals surface area contributed by atoms with E-state index in [4.69, 9.17) is 0 Å². The summed E-state index contributed by atoms with van der Waals surface area (Å²) < 4.78 is 1.21. The van der Waals surface area contributed by atoms with Crippen molar-refractivity contribution in [3.63, 3.8) is 0 Å². The van der Waals surface area contributed by atoms with Crippen molar-refractivity contribution in [3.8, 4) is 0 Å². The summed E-state index contributed by atoms with van der Waals surface area (Å²) in [4.78, 5) is 26.3. The van der Waals surface area contributed by atoms with E-state index in [0.29, 0.717) is 14.1 Å². The minimum atomic E-state index is -0.484. The Bertz CT molecular complexity index is 657. The lowest BCUT2D eigenvalue weighted by atomic mass is 10.3. The molecule has 0 aliphatic heterocycles. The molecule has 19 heavy (non-hydrogen) atoms. The van der Waals surface area contributed by atoms with E-state index < -0.39 is 4.92 Å². The summed E-state index contributed by atoms with van der Waals surface area (Å²) in [6, 6.07) is 4.88. The van der Waals surface area contributed by atoms with Gasteiger partial charge in [-0.15, -0.1) is 11.3 Å². The maximum atomic E-state index is 11.3. The summed E-state index contributed by atoms with van der Waals surface area (Å²) in [7, 11) is 0. The van der Waals surface area contributed by atoms with E-state index >= 15 is 0 Å². The summed E-state index contributed by atoms with van der Waals surface area (Å²) >= 11 is 5.62. The van der Waals surface area contributed by atoms with Crippen molar-refractivity contribution < 1.29 is 9.72 Å². The fourth-order valence-corrected chi connectivity index (χ4v) is 3.89. The van der Waals surface area contributed by atoms with E-state index in [0.717, 1.165) is 15.8 Å². The molecule has 0 N–H and O–H groups in total. The molecular formula is C11H7BrN2O3S2. The van der Waals surface area contributed by atoms with Crippen LogP contribution in [0.4, 0.5) is 5.69 Å². The van der Waals surface area contributed by atoms with Crippen LogP contribution in [0.5, 0.6) is 0 Å². The van der Waals surface area contributed by atoms with Gasteiger partial charge in [-0.25, -0.2) is 4.98 Å². The number of hydrogen-bond donors (Lipinski definition) is 0. The van der Waals surface area contributed by atoms with Crippen molar-refractivity contribution in [3.05, 3.63) is 43.9 Å². The molecule has 0 saturated heterocycles. The predicted octanol–water partition coefficient (Wildman–Crippen LogP) is 4.17. The maximum absolute atomic E-state index is 11.3. The SMILES string of the molecule is CC(=O)c1cc([N+](=O)[O-])c(Sc2ncccc2Br)s1. The first-order chi connectivity index (χ1) is 8.99. The van der Waals surface area contributed by atoms with Crippen molar-refractivity contribution in [2.45, 2.75) is 16.2 Å². The van der Waals surface area contributed by atoms with Crippen LogP contribution in [0, 0.1) is 10.1 Å². The minimum absolute atomic E-state index is 0.0576. The fourth-order valence-electron chi connectivity index (χ4n) is 1.27. The van der Waals surface area contributed by atoms with Gasteiger partial charge in [0.15, 0.2) is 5.78 Å². The van der Waals surface area contributed by atoms with Crippen LogP contribution in [0.3, 0.4) is 0 Å². The van der Waals surface area contributed by atoms with Gasteiger partial charge in [0.1, 0.15) is 9.24 Å². The molecule has 0 aromatic carbocycles. The lowest BCUT2D eigenvalue weighted by Crippen LogP contribution is -1.88. The monoisotopic (exact) mass is 358 g/mol. The fraction of sp³-hybridized carbons (Fsp3) is 0.0909. The van der Waals surface area contributed by atoms with E-state index in [1.54, 1.807) is 18.3 Å². The van der Waals surface area contributed by atoms with Crippen LogP contribution in [0.15, 0.2) is 38.1 Å². The number of Topliss-reactive ketones (excluding diaryl/α,β-unsaturated/α-hetero) is 1. The van der Waals surface area contributed by atoms with Crippen molar-refractivity contribution >= 4 is 50.5 Å². The quantitative estimate of drug-likeness (QED) is 0.465. The molecule has 8 heteroatoms. The number of nitro groups is 1. The second kappa shape index (κ2) is 5.81. The van der Waals surface area contributed by atoms with Gasteiger partial charge in [0, 0.05) is 12.3 Å². The van der Waals surface area contributed by atoms with Crippen LogP contribution in [0.1, 0.15) is 16.6 Å². The third kappa shape index (κ3) is 3.20. The van der Waals surface area contributed by atoms with Gasteiger partial charge < -0.3 is 0 Å². The first-order valence-electron chi connectivity index (χ1n) is 5.06. The molecule has 0 aliphatic carbocycles. The van der Waals surface area contributed by atoms with Crippen molar-refractivity contribution in [1.82, 2.24) is 4.98 Å². The van der Waals surface area contributed by atoms with Gasteiger partial charge in [0.25, 0.3) is 5.69 Å². The van der Waals surface area contributed by atoms with Crippen molar-refractivity contribution in [2.75, 3.05) is 0 Å². The Kier molecular flexibility index (Phi) is 4.33. The molecule has 2 aromatic heterocycles. The van der Waals surface area contributed by atoms with E-state index in [1.165, 1.54) is 24.8 Å². The highest BCUT2D eigenvalue weighted by atomic mass is 79.9. The molecule has 0 aliphatic rings. The zero-order valence-corrected chi connectivity index (χ0v) is 12.8. The van der Waals surface area contributed by atoms with Crippen molar-refractivity contribution in [2.24, 2.45) is 0 Å². The summed E-state index contributed by atoms with van der Waals surface area (Å²) in [5.41, 5.74) is -0.0576. The molecule has 5 nitrogen and oxygen atoms in total. The molecule has 2 rings (SSSR count). The Morgan fingerprint density at radius 1 is 1.58 bits per heavy atom. The van der Waals surface area contributed by atoms with Gasteiger partial charge in [-0.3, -0.25) is 14.9 Å². The van der Waals surface area contributed by atoms with Crippen LogP contribution < -0.4 is 0 Å². The Morgan fingerprint density at radius 2 is 2.32 bits per heavy atom. The highest BCUT2D eigenvalue weighted by molar-refractivity contribution is 9.10. The predicted molar refractivity (Wildman–Crippen MR) is 77.0 cm³/mol. The van der Waals surface area contributed by atoms with Gasteiger partial charge in [-0.05, 0) is 35.0 Å². The summed E-state index contributed by atoms with van der Waals surface area (Å²) in [5.74, 6) is -0.181. The van der Waals surface area contributed by atoms with Crippen molar-refractivity contribution in [1.29, 1.82) is 0 Å². The summed E-state index contributed by atoms with van der Waals surface area (Å²) in [6.07, 6.45) is 1.61. The Morgan fingerprint density at radius 3 is 2.89 bits per heavy atom. The second-order valence-electron chi connectivity index (χ2n) is 3.49. The lowest BCUT2D eigenvalue weighted by molar-refractivity contribution is -0.387. The molecule has 2 aromatic rings. The number of hydrogen-bond acceptors (Lipinski definition) is 6. The lowest BCUT2D eigenvalue weighted by Gasteiger charge is -1.99. The number of pyridine rings is 1. The molecule has 0 bridgehead atoms. The van der Waals surface area contributed by atoms with Crippen LogP contribution in [0.2, 0.25) is 0 Å². The van der Waals surface area contributed by atoms with E-state index in [9.17, 15) is 14.9 Å². The largest absolute Gasteiger partial charge is 0.294 e. The topological polar surface area (TPSA) is 73.1 Å². The zero-order chi connectivity index (χ0) is 14.0. The van der Waals surface area contributed by atoms with Gasteiger partial charge in [-0.2, -0.15) is 0 Å². The van der Waals surface area contributed by atoms with Crippen LogP contribution in [-0.2, 0) is 0 Å². The van der Waals surface area contributed by atoms with Crippen LogP contribution in [-0.4, -0.2) is 15.7 Å². The average Bonchev–Trinajstić information content (AvgIpc) is 2.76. The minimum Gasteiger partial charge on any atom is -0.294 e. The van der Waals surface area contributed by atoms with E-state index in [-0.39, 0.29) is 11.5 Å². The zero-order valence-electron chi connectivity index (χ0n) is 9.62. The van der Waals surface area contributed by atoms with Gasteiger partial charge >= 0.3 is 0 Å². The number of nitrogens with zero attached hydrogens (tertiary/aromatic N) is 2. The average molecular weight is 359 g/mol. The summed E-state index contributed by atoms with van der Waals surface area (Å²) in [5, 5.41) is 11.6. The first-order valence-corrected chi connectivity index (χ1v) is 7.49. The Balaban J connectivity index is 2.42.